The number of ether oxygens (including phenoxy) is 12. The van der Waals surface area contributed by atoms with Crippen LogP contribution < -0.4 is 14.2 Å². The lowest BCUT2D eigenvalue weighted by molar-refractivity contribution is 0.00863. The topological polar surface area (TPSA) is 148 Å². The summed E-state index contributed by atoms with van der Waals surface area (Å²) in [5.74, 6) is -0.450. The Morgan fingerprint density at radius 3 is 1.00 bits per heavy atom. The Hall–Kier alpha value is -2.27. The average Bonchev–Trinajstić information content (AvgIpc) is 3.04. The molecular weight excluding hydrogens is 596 g/mol. The Bertz CT molecular complexity index is 780. The lowest BCUT2D eigenvalue weighted by Gasteiger charge is -2.18. The molecule has 0 atom stereocenters. The third-order valence-corrected chi connectivity index (χ3v) is 5.56. The largest absolute Gasteiger partial charge is 0.487 e. The summed E-state index contributed by atoms with van der Waals surface area (Å²) in [6, 6.07) is 2.79. The standard InChI is InChI=1S/C31H54O14/c1-4-34-7-10-37-13-16-40-19-22-43-28-25-27(31(32)33)26-29(44-23-20-41-17-14-38-11-8-35-5-2)30(28)45-24-21-42-18-15-39-12-9-36-6-3/h25-26H,4-24H2,1-3H3,(H,32,33). The smallest absolute Gasteiger partial charge is 0.335 e. The quantitative estimate of drug-likeness (QED) is 0.109. The van der Waals surface area contributed by atoms with E-state index in [0.717, 1.165) is 0 Å². The highest BCUT2D eigenvalue weighted by atomic mass is 16.6. The number of carboxylic acids is 1. The van der Waals surface area contributed by atoms with Crippen LogP contribution in [0.3, 0.4) is 0 Å². The van der Waals surface area contributed by atoms with E-state index in [4.69, 9.17) is 56.8 Å². The molecule has 0 heterocycles. The fraction of sp³-hybridized carbons (Fsp3) is 0.774. The maximum absolute atomic E-state index is 11.9. The first kappa shape index (κ1) is 40.8. The number of rotatable bonds is 34. The van der Waals surface area contributed by atoms with Gasteiger partial charge in [-0.3, -0.25) is 0 Å². The minimum atomic E-state index is -1.13. The molecule has 14 heteroatoms. The summed E-state index contributed by atoms with van der Waals surface area (Å²) in [6.07, 6.45) is 0. The monoisotopic (exact) mass is 650 g/mol. The van der Waals surface area contributed by atoms with Crippen LogP contribution in [0.2, 0.25) is 0 Å². The molecule has 0 aromatic heterocycles. The van der Waals surface area contributed by atoms with Crippen molar-refractivity contribution < 1.29 is 66.7 Å². The molecule has 0 fully saturated rings. The van der Waals surface area contributed by atoms with Gasteiger partial charge in [0.15, 0.2) is 11.5 Å². The van der Waals surface area contributed by atoms with E-state index < -0.39 is 5.97 Å². The van der Waals surface area contributed by atoms with Crippen LogP contribution in [0, 0.1) is 0 Å². The van der Waals surface area contributed by atoms with Gasteiger partial charge < -0.3 is 61.9 Å². The van der Waals surface area contributed by atoms with Gasteiger partial charge in [-0.1, -0.05) is 0 Å². The molecule has 1 N–H and O–H groups in total. The molecule has 14 nitrogen and oxygen atoms in total. The Labute approximate surface area is 267 Å². The number of benzene rings is 1. The molecule has 1 rings (SSSR count). The first-order chi connectivity index (χ1) is 22.1. The lowest BCUT2D eigenvalue weighted by Crippen LogP contribution is -2.16. The van der Waals surface area contributed by atoms with Gasteiger partial charge in [0, 0.05) is 19.8 Å². The first-order valence-electron chi connectivity index (χ1n) is 15.6. The molecule has 0 saturated heterocycles. The summed E-state index contributed by atoms with van der Waals surface area (Å²) >= 11 is 0. The molecule has 0 amide bonds. The zero-order chi connectivity index (χ0) is 32.6. The number of hydrogen-bond donors (Lipinski definition) is 1. The van der Waals surface area contributed by atoms with E-state index in [1.807, 2.05) is 20.8 Å². The van der Waals surface area contributed by atoms with Gasteiger partial charge in [-0.2, -0.15) is 0 Å². The maximum Gasteiger partial charge on any atom is 0.335 e. The van der Waals surface area contributed by atoms with Crippen molar-refractivity contribution in [2.24, 2.45) is 0 Å². The average molecular weight is 651 g/mol. The van der Waals surface area contributed by atoms with Gasteiger partial charge in [0.25, 0.3) is 0 Å². The molecule has 0 aliphatic heterocycles. The summed E-state index contributed by atoms with van der Waals surface area (Å²) in [5.41, 5.74) is -0.0139. The Kier molecular flexibility index (Phi) is 27.5. The van der Waals surface area contributed by atoms with Crippen molar-refractivity contribution in [2.75, 3.05) is 139 Å². The van der Waals surface area contributed by atoms with E-state index in [1.165, 1.54) is 12.1 Å². The molecule has 0 saturated carbocycles. The second kappa shape index (κ2) is 30.4. The molecule has 1 aromatic rings. The first-order valence-corrected chi connectivity index (χ1v) is 15.6. The van der Waals surface area contributed by atoms with Gasteiger partial charge >= 0.3 is 5.97 Å². The van der Waals surface area contributed by atoms with Crippen LogP contribution in [0.25, 0.3) is 0 Å². The second-order valence-corrected chi connectivity index (χ2v) is 8.92. The third kappa shape index (κ3) is 22.8. The van der Waals surface area contributed by atoms with Gasteiger partial charge in [-0.15, -0.1) is 0 Å². The van der Waals surface area contributed by atoms with E-state index >= 15 is 0 Å². The summed E-state index contributed by atoms with van der Waals surface area (Å²) in [5, 5.41) is 9.69. The maximum atomic E-state index is 11.9. The number of carboxylic acid groups (broad SMARTS) is 1. The van der Waals surface area contributed by atoms with E-state index in [9.17, 15) is 9.90 Å². The molecule has 0 aliphatic rings. The Balaban J connectivity index is 2.65. The molecule has 0 radical (unpaired) electrons. The SMILES string of the molecule is CCOCCOCCOCCOc1cc(C(=O)O)cc(OCCOCCOCCOCC)c1OCCOCCOCCOCC. The molecular formula is C31H54O14. The Morgan fingerprint density at radius 1 is 0.444 bits per heavy atom. The van der Waals surface area contributed by atoms with Crippen molar-refractivity contribution in [3.63, 3.8) is 0 Å². The van der Waals surface area contributed by atoms with Crippen LogP contribution in [0.15, 0.2) is 12.1 Å². The molecule has 1 aromatic carbocycles. The lowest BCUT2D eigenvalue weighted by atomic mass is 10.2. The number of carbonyl (C=O) groups is 1. The highest BCUT2D eigenvalue weighted by molar-refractivity contribution is 5.89. The van der Waals surface area contributed by atoms with Gasteiger partial charge in [0.2, 0.25) is 5.75 Å². The fourth-order valence-corrected chi connectivity index (χ4v) is 3.43. The van der Waals surface area contributed by atoms with Crippen LogP contribution in [0.5, 0.6) is 17.2 Å². The van der Waals surface area contributed by atoms with Crippen molar-refractivity contribution in [1.82, 2.24) is 0 Å². The van der Waals surface area contributed by atoms with Crippen molar-refractivity contribution >= 4 is 5.97 Å². The van der Waals surface area contributed by atoms with Gasteiger partial charge in [0.1, 0.15) is 19.8 Å². The summed E-state index contributed by atoms with van der Waals surface area (Å²) in [4.78, 5) is 11.9. The molecule has 0 bridgehead atoms. The fourth-order valence-electron chi connectivity index (χ4n) is 3.43. The summed E-state index contributed by atoms with van der Waals surface area (Å²) < 4.78 is 66.4. The van der Waals surface area contributed by atoms with Crippen LogP contribution in [-0.4, -0.2) is 150 Å². The van der Waals surface area contributed by atoms with Crippen molar-refractivity contribution in [3.8, 4) is 17.2 Å². The second-order valence-electron chi connectivity index (χ2n) is 8.92. The van der Waals surface area contributed by atoms with Gasteiger partial charge in [-0.25, -0.2) is 4.79 Å². The minimum absolute atomic E-state index is 0.0139. The third-order valence-electron chi connectivity index (χ3n) is 5.56. The minimum Gasteiger partial charge on any atom is -0.487 e. The van der Waals surface area contributed by atoms with E-state index in [0.29, 0.717) is 99.1 Å². The van der Waals surface area contributed by atoms with Gasteiger partial charge in [-0.05, 0) is 32.9 Å². The highest BCUT2D eigenvalue weighted by Gasteiger charge is 2.19. The van der Waals surface area contributed by atoms with E-state index in [-0.39, 0.29) is 62.5 Å². The Morgan fingerprint density at radius 2 is 0.711 bits per heavy atom. The molecule has 45 heavy (non-hydrogen) atoms. The summed E-state index contributed by atoms with van der Waals surface area (Å²) in [6.45, 7) is 14.5. The molecule has 262 valence electrons. The van der Waals surface area contributed by atoms with Gasteiger partial charge in [0.05, 0.1) is 105 Å². The molecule has 0 unspecified atom stereocenters. The number of hydrogen-bond acceptors (Lipinski definition) is 13. The normalized spacial score (nSPS) is 11.2. The molecule has 0 aliphatic carbocycles. The zero-order valence-electron chi connectivity index (χ0n) is 27.3. The molecule has 0 spiro atoms. The van der Waals surface area contributed by atoms with Crippen molar-refractivity contribution in [1.29, 1.82) is 0 Å². The van der Waals surface area contributed by atoms with Crippen LogP contribution in [-0.2, 0) is 42.6 Å². The zero-order valence-corrected chi connectivity index (χ0v) is 27.3. The van der Waals surface area contributed by atoms with Crippen LogP contribution in [0.1, 0.15) is 31.1 Å². The predicted octanol–water partition coefficient (Wildman–Crippen LogP) is 2.73. The predicted molar refractivity (Wildman–Crippen MR) is 164 cm³/mol. The van der Waals surface area contributed by atoms with E-state index in [1.54, 1.807) is 0 Å². The van der Waals surface area contributed by atoms with Crippen LogP contribution in [0.4, 0.5) is 0 Å². The van der Waals surface area contributed by atoms with E-state index in [2.05, 4.69) is 0 Å². The van der Waals surface area contributed by atoms with Crippen molar-refractivity contribution in [3.05, 3.63) is 17.7 Å². The summed E-state index contributed by atoms with van der Waals surface area (Å²) in [7, 11) is 0. The number of aromatic carboxylic acids is 1. The highest BCUT2D eigenvalue weighted by Crippen LogP contribution is 2.39. The van der Waals surface area contributed by atoms with Crippen molar-refractivity contribution in [2.45, 2.75) is 20.8 Å². The van der Waals surface area contributed by atoms with Crippen LogP contribution >= 0.6 is 0 Å².